The third kappa shape index (κ3) is 3.32. The van der Waals surface area contributed by atoms with Gasteiger partial charge in [-0.15, -0.1) is 11.3 Å². The second kappa shape index (κ2) is 5.85. The number of nitrogens with one attached hydrogen (secondary N) is 1. The minimum Gasteiger partial charge on any atom is -0.468 e. The average Bonchev–Trinajstić information content (AvgIpc) is 2.85. The van der Waals surface area contributed by atoms with Crippen LogP contribution in [0.1, 0.15) is 24.3 Å². The van der Waals surface area contributed by atoms with Gasteiger partial charge in [-0.3, -0.25) is 4.79 Å². The van der Waals surface area contributed by atoms with Crippen LogP contribution in [-0.2, 0) is 24.3 Å². The number of nitrogens with zero attached hydrogens (tertiary/aromatic N) is 1. The van der Waals surface area contributed by atoms with Crippen LogP contribution in [0.25, 0.3) is 0 Å². The van der Waals surface area contributed by atoms with Crippen molar-refractivity contribution < 1.29 is 27.5 Å². The molecule has 0 spiro atoms. The first-order valence-corrected chi connectivity index (χ1v) is 7.66. The maximum absolute atomic E-state index is 12.2. The number of aromatic nitrogens is 1. The Hall–Kier alpha value is -1.52. The third-order valence-corrected chi connectivity index (χ3v) is 5.27. The Morgan fingerprint density at radius 3 is 2.40 bits per heavy atom. The Labute approximate surface area is 120 Å². The summed E-state index contributed by atoms with van der Waals surface area (Å²) in [6.07, 6.45) is 0. The number of hydrogen-bond donors (Lipinski definition) is 1. The van der Waals surface area contributed by atoms with E-state index in [1.165, 1.54) is 19.4 Å². The molecule has 0 radical (unpaired) electrons. The van der Waals surface area contributed by atoms with Crippen LogP contribution in [0.2, 0.25) is 0 Å². The fourth-order valence-corrected chi connectivity index (χ4v) is 3.84. The van der Waals surface area contributed by atoms with Gasteiger partial charge >= 0.3 is 11.9 Å². The molecule has 0 aliphatic carbocycles. The van der Waals surface area contributed by atoms with Gasteiger partial charge in [-0.1, -0.05) is 0 Å². The van der Waals surface area contributed by atoms with Crippen molar-refractivity contribution in [1.82, 2.24) is 9.71 Å². The first kappa shape index (κ1) is 16.5. The van der Waals surface area contributed by atoms with Crippen molar-refractivity contribution in [3.63, 3.8) is 0 Å². The molecule has 112 valence electrons. The van der Waals surface area contributed by atoms with Crippen molar-refractivity contribution in [2.75, 3.05) is 14.2 Å². The molecule has 8 nitrogen and oxygen atoms in total. The summed E-state index contributed by atoms with van der Waals surface area (Å²) in [5, 5.41) is 0. The molecule has 10 heteroatoms. The molecule has 1 rings (SSSR count). The molecular formula is C10H14N2O6S2. The molecule has 0 aliphatic rings. The van der Waals surface area contributed by atoms with E-state index in [4.69, 9.17) is 0 Å². The molecule has 0 saturated heterocycles. The Balaban J connectivity index is 3.16. The molecule has 0 bridgehead atoms. The van der Waals surface area contributed by atoms with E-state index < -0.39 is 27.5 Å². The van der Waals surface area contributed by atoms with E-state index in [1.54, 1.807) is 0 Å². The van der Waals surface area contributed by atoms with Crippen LogP contribution in [0.15, 0.2) is 9.72 Å². The van der Waals surface area contributed by atoms with Gasteiger partial charge in [-0.25, -0.2) is 18.2 Å². The molecule has 1 aromatic heterocycles. The van der Waals surface area contributed by atoms with Crippen LogP contribution in [0.3, 0.4) is 0 Å². The largest absolute Gasteiger partial charge is 0.468 e. The molecule has 20 heavy (non-hydrogen) atoms. The number of carbonyl (C=O) groups is 2. The average molecular weight is 322 g/mol. The lowest BCUT2D eigenvalue weighted by Crippen LogP contribution is -2.50. The number of sulfonamides is 1. The third-order valence-electron chi connectivity index (χ3n) is 2.24. The lowest BCUT2D eigenvalue weighted by atomic mass is 10.1. The van der Waals surface area contributed by atoms with Crippen molar-refractivity contribution in [2.45, 2.75) is 23.6 Å². The summed E-state index contributed by atoms with van der Waals surface area (Å²) in [6, 6.07) is 0. The zero-order chi connectivity index (χ0) is 15.6. The second-order valence-electron chi connectivity index (χ2n) is 4.20. The minimum atomic E-state index is -4.11. The van der Waals surface area contributed by atoms with Crippen LogP contribution in [0.4, 0.5) is 0 Å². The Kier molecular flexibility index (Phi) is 4.84. The molecule has 0 saturated carbocycles. The predicted octanol–water partition coefficient (Wildman–Crippen LogP) is 0.160. The van der Waals surface area contributed by atoms with Crippen LogP contribution in [0, 0.1) is 0 Å². The van der Waals surface area contributed by atoms with Crippen LogP contribution in [0.5, 0.6) is 0 Å². The Morgan fingerprint density at radius 1 is 1.30 bits per heavy atom. The van der Waals surface area contributed by atoms with E-state index >= 15 is 0 Å². The fourth-order valence-electron chi connectivity index (χ4n) is 1.34. The van der Waals surface area contributed by atoms with Crippen LogP contribution < -0.4 is 4.72 Å². The molecule has 0 atom stereocenters. The minimum absolute atomic E-state index is 0.318. The van der Waals surface area contributed by atoms with Gasteiger partial charge in [-0.2, -0.15) is 4.72 Å². The van der Waals surface area contributed by atoms with E-state index in [0.29, 0.717) is 0 Å². The highest BCUT2D eigenvalue weighted by Crippen LogP contribution is 2.22. The van der Waals surface area contributed by atoms with E-state index in [0.717, 1.165) is 25.6 Å². The number of thiazole rings is 1. The second-order valence-corrected chi connectivity index (χ2v) is 6.93. The summed E-state index contributed by atoms with van der Waals surface area (Å²) >= 11 is 0.746. The lowest BCUT2D eigenvalue weighted by Gasteiger charge is -2.22. The number of carbonyl (C=O) groups excluding carboxylic acids is 2. The monoisotopic (exact) mass is 322 g/mol. The van der Waals surface area contributed by atoms with Gasteiger partial charge in [0.25, 0.3) is 10.0 Å². The van der Waals surface area contributed by atoms with Gasteiger partial charge in [0.05, 0.1) is 19.7 Å². The lowest BCUT2D eigenvalue weighted by molar-refractivity contribution is -0.146. The fraction of sp³-hybridized carbons (Fsp3) is 0.500. The summed E-state index contributed by atoms with van der Waals surface area (Å²) in [5.74, 6) is -1.63. The zero-order valence-electron chi connectivity index (χ0n) is 11.3. The van der Waals surface area contributed by atoms with Crippen molar-refractivity contribution in [3.05, 3.63) is 11.2 Å². The van der Waals surface area contributed by atoms with Gasteiger partial charge in [0.15, 0.2) is 9.90 Å². The zero-order valence-corrected chi connectivity index (χ0v) is 12.9. The van der Waals surface area contributed by atoms with Gasteiger partial charge in [0, 0.05) is 0 Å². The van der Waals surface area contributed by atoms with Crippen molar-refractivity contribution in [3.8, 4) is 0 Å². The first-order chi connectivity index (χ1) is 9.15. The standard InChI is InChI=1S/C10H14N2O6S2/c1-10(2,9(14)18-4)12-20(15,16)8-6(7(13)17-3)11-5-19-8/h5,12H,1-4H3. The highest BCUT2D eigenvalue weighted by atomic mass is 32.2. The molecule has 0 amide bonds. The normalized spacial score (nSPS) is 12.0. The molecule has 0 aliphatic heterocycles. The smallest absolute Gasteiger partial charge is 0.358 e. The molecule has 1 heterocycles. The molecule has 0 aromatic carbocycles. The maximum atomic E-state index is 12.2. The van der Waals surface area contributed by atoms with Gasteiger partial charge < -0.3 is 9.47 Å². The van der Waals surface area contributed by atoms with Gasteiger partial charge in [0.2, 0.25) is 0 Å². The number of ether oxygens (including phenoxy) is 2. The SMILES string of the molecule is COC(=O)c1ncsc1S(=O)(=O)NC(C)(C)C(=O)OC. The Morgan fingerprint density at radius 2 is 1.90 bits per heavy atom. The summed E-state index contributed by atoms with van der Waals surface area (Å²) in [4.78, 5) is 26.6. The topological polar surface area (TPSA) is 112 Å². The van der Waals surface area contributed by atoms with Crippen LogP contribution in [-0.4, -0.2) is 45.1 Å². The van der Waals surface area contributed by atoms with Gasteiger partial charge in [-0.05, 0) is 13.8 Å². The first-order valence-electron chi connectivity index (χ1n) is 5.30. The van der Waals surface area contributed by atoms with E-state index in [2.05, 4.69) is 19.2 Å². The Bertz CT molecular complexity index is 619. The quantitative estimate of drug-likeness (QED) is 0.768. The van der Waals surface area contributed by atoms with Crippen molar-refractivity contribution >= 4 is 33.3 Å². The molecule has 1 aromatic rings. The van der Waals surface area contributed by atoms with Crippen molar-refractivity contribution in [2.24, 2.45) is 0 Å². The summed E-state index contributed by atoms with van der Waals surface area (Å²) < 4.78 is 35.2. The number of esters is 2. The predicted molar refractivity (Wildman–Crippen MR) is 69.9 cm³/mol. The van der Waals surface area contributed by atoms with E-state index in [9.17, 15) is 18.0 Å². The number of rotatable bonds is 5. The molecule has 0 unspecified atom stereocenters. The van der Waals surface area contributed by atoms with Crippen molar-refractivity contribution in [1.29, 1.82) is 0 Å². The van der Waals surface area contributed by atoms with E-state index in [1.807, 2.05) is 0 Å². The highest BCUT2D eigenvalue weighted by molar-refractivity contribution is 7.91. The number of methoxy groups -OCH3 is 2. The highest BCUT2D eigenvalue weighted by Gasteiger charge is 2.37. The van der Waals surface area contributed by atoms with E-state index in [-0.39, 0.29) is 9.90 Å². The summed E-state index contributed by atoms with van der Waals surface area (Å²) in [5.41, 5.74) is -0.609. The molecular weight excluding hydrogens is 308 g/mol. The molecule has 0 fully saturated rings. The van der Waals surface area contributed by atoms with Crippen LogP contribution >= 0.6 is 11.3 Å². The summed E-state index contributed by atoms with van der Waals surface area (Å²) in [7, 11) is -1.85. The number of hydrogen-bond acceptors (Lipinski definition) is 8. The maximum Gasteiger partial charge on any atom is 0.358 e. The molecule has 1 N–H and O–H groups in total. The van der Waals surface area contributed by atoms with Gasteiger partial charge in [0.1, 0.15) is 5.54 Å². The summed E-state index contributed by atoms with van der Waals surface area (Å²) in [6.45, 7) is 2.68.